The van der Waals surface area contributed by atoms with E-state index in [1.165, 1.54) is 0 Å². The average molecular weight is 248 g/mol. The van der Waals surface area contributed by atoms with Gasteiger partial charge in [0.15, 0.2) is 11.1 Å². The van der Waals surface area contributed by atoms with E-state index in [9.17, 15) is 0 Å². The third kappa shape index (κ3) is 2.17. The molecule has 88 valence electrons. The summed E-state index contributed by atoms with van der Waals surface area (Å²) < 4.78 is 7.34. The molecule has 1 unspecified atom stereocenters. The molecule has 17 heavy (non-hydrogen) atoms. The second-order valence-electron chi connectivity index (χ2n) is 4.05. The summed E-state index contributed by atoms with van der Waals surface area (Å²) in [5.41, 5.74) is 1.05. The highest BCUT2D eigenvalue weighted by Crippen LogP contribution is 2.14. The summed E-state index contributed by atoms with van der Waals surface area (Å²) in [7, 11) is 0. The maximum absolute atomic E-state index is 8.84. The predicted octanol–water partition coefficient (Wildman–Crippen LogP) is 1.12. The normalized spacial score (nSPS) is 21.7. The Morgan fingerprint density at radius 3 is 3.41 bits per heavy atom. The Balaban J connectivity index is 1.70. The maximum Gasteiger partial charge on any atom is 0.193 e. The van der Waals surface area contributed by atoms with E-state index in [-0.39, 0.29) is 6.10 Å². The number of thiazole rings is 1. The monoisotopic (exact) mass is 248 g/mol. The van der Waals surface area contributed by atoms with Gasteiger partial charge in [-0.25, -0.2) is 4.98 Å². The van der Waals surface area contributed by atoms with Crippen molar-refractivity contribution < 1.29 is 4.74 Å². The zero-order chi connectivity index (χ0) is 11.7. The molecule has 1 fully saturated rings. The molecular weight excluding hydrogens is 236 g/mol. The summed E-state index contributed by atoms with van der Waals surface area (Å²) in [6.07, 6.45) is 3.75. The molecule has 6 heteroatoms. The molecule has 0 amide bonds. The van der Waals surface area contributed by atoms with Gasteiger partial charge in [-0.15, -0.1) is 11.3 Å². The van der Waals surface area contributed by atoms with E-state index in [2.05, 4.69) is 16.0 Å². The lowest BCUT2D eigenvalue weighted by Crippen LogP contribution is -2.41. The smallest absolute Gasteiger partial charge is 0.193 e. The van der Waals surface area contributed by atoms with Gasteiger partial charge in [0.2, 0.25) is 0 Å². The molecular formula is C11H12N4OS. The summed E-state index contributed by atoms with van der Waals surface area (Å²) in [6.45, 7) is 2.95. The second-order valence-corrected chi connectivity index (χ2v) is 4.92. The van der Waals surface area contributed by atoms with Crippen LogP contribution in [0, 0.1) is 11.3 Å². The van der Waals surface area contributed by atoms with Crippen LogP contribution in [0.25, 0.3) is 4.96 Å². The number of fused-ring (bicyclic) bond motifs is 1. The van der Waals surface area contributed by atoms with Gasteiger partial charge in [-0.2, -0.15) is 5.26 Å². The first-order chi connectivity index (χ1) is 8.35. The van der Waals surface area contributed by atoms with Crippen molar-refractivity contribution >= 4 is 16.3 Å². The van der Waals surface area contributed by atoms with Crippen LogP contribution in [0.4, 0.5) is 0 Å². The van der Waals surface area contributed by atoms with E-state index < -0.39 is 0 Å². The maximum atomic E-state index is 8.84. The van der Waals surface area contributed by atoms with Gasteiger partial charge in [-0.05, 0) is 0 Å². The van der Waals surface area contributed by atoms with Gasteiger partial charge >= 0.3 is 0 Å². The summed E-state index contributed by atoms with van der Waals surface area (Å²) in [5, 5.41) is 10.9. The Bertz CT molecular complexity index is 527. The third-order valence-electron chi connectivity index (χ3n) is 2.82. The van der Waals surface area contributed by atoms with Crippen LogP contribution < -0.4 is 0 Å². The molecule has 3 rings (SSSR count). The molecule has 0 saturated carbocycles. The molecule has 0 aliphatic carbocycles. The zero-order valence-electron chi connectivity index (χ0n) is 9.24. The van der Waals surface area contributed by atoms with Crippen molar-refractivity contribution in [2.24, 2.45) is 0 Å². The van der Waals surface area contributed by atoms with Crippen LogP contribution in [0.15, 0.2) is 17.8 Å². The topological polar surface area (TPSA) is 53.6 Å². The van der Waals surface area contributed by atoms with E-state index in [0.29, 0.717) is 13.2 Å². The van der Waals surface area contributed by atoms with Gasteiger partial charge in [0.1, 0.15) is 0 Å². The number of hydrogen-bond donors (Lipinski definition) is 0. The van der Waals surface area contributed by atoms with Crippen molar-refractivity contribution in [2.75, 3.05) is 19.7 Å². The Hall–Kier alpha value is -1.42. The molecule has 0 radical (unpaired) electrons. The highest BCUT2D eigenvalue weighted by atomic mass is 32.1. The summed E-state index contributed by atoms with van der Waals surface area (Å²) >= 11 is 1.63. The third-order valence-corrected chi connectivity index (χ3v) is 3.59. The largest absolute Gasteiger partial charge is 0.361 e. The first-order valence-corrected chi connectivity index (χ1v) is 6.38. The van der Waals surface area contributed by atoms with Crippen molar-refractivity contribution in [3.8, 4) is 6.07 Å². The fraction of sp³-hybridized carbons (Fsp3) is 0.455. The molecule has 0 bridgehead atoms. The first-order valence-electron chi connectivity index (χ1n) is 5.50. The minimum Gasteiger partial charge on any atom is -0.361 e. The number of imidazole rings is 1. The molecule has 1 saturated heterocycles. The van der Waals surface area contributed by atoms with E-state index in [0.717, 1.165) is 23.7 Å². The lowest BCUT2D eigenvalue weighted by Gasteiger charge is -2.28. The van der Waals surface area contributed by atoms with E-state index >= 15 is 0 Å². The van der Waals surface area contributed by atoms with Gasteiger partial charge < -0.3 is 4.74 Å². The molecule has 2 aromatic rings. The minimum atomic E-state index is -0.299. The fourth-order valence-electron chi connectivity index (χ4n) is 2.01. The number of rotatable bonds is 2. The standard InChI is InChI=1S/C11H12N4OS/c12-5-10-8-14(1-3-16-10)6-9-7-15-2-4-17-11(15)13-9/h2,4,7,10H,1,3,6,8H2. The van der Waals surface area contributed by atoms with E-state index in [1.54, 1.807) is 11.3 Å². The van der Waals surface area contributed by atoms with Gasteiger partial charge in [-0.1, -0.05) is 0 Å². The lowest BCUT2D eigenvalue weighted by atomic mass is 10.3. The highest BCUT2D eigenvalue weighted by Gasteiger charge is 2.20. The fourth-order valence-corrected chi connectivity index (χ4v) is 2.72. The number of morpholine rings is 1. The Labute approximate surface area is 103 Å². The summed E-state index contributed by atoms with van der Waals surface area (Å²) in [6, 6.07) is 2.15. The number of hydrogen-bond acceptors (Lipinski definition) is 5. The lowest BCUT2D eigenvalue weighted by molar-refractivity contribution is -0.00306. The molecule has 3 heterocycles. The van der Waals surface area contributed by atoms with Gasteiger partial charge in [0.05, 0.1) is 18.4 Å². The van der Waals surface area contributed by atoms with Crippen molar-refractivity contribution in [1.82, 2.24) is 14.3 Å². The predicted molar refractivity (Wildman–Crippen MR) is 63.7 cm³/mol. The van der Waals surface area contributed by atoms with E-state index in [1.807, 2.05) is 22.2 Å². The Morgan fingerprint density at radius 1 is 1.65 bits per heavy atom. The van der Waals surface area contributed by atoms with Crippen molar-refractivity contribution in [3.63, 3.8) is 0 Å². The van der Waals surface area contributed by atoms with Crippen molar-refractivity contribution in [2.45, 2.75) is 12.6 Å². The number of ether oxygens (including phenoxy) is 1. The van der Waals surface area contributed by atoms with Crippen LogP contribution in [0.5, 0.6) is 0 Å². The summed E-state index contributed by atoms with van der Waals surface area (Å²) in [4.78, 5) is 7.76. The van der Waals surface area contributed by atoms with Crippen molar-refractivity contribution in [3.05, 3.63) is 23.5 Å². The van der Waals surface area contributed by atoms with E-state index in [4.69, 9.17) is 10.00 Å². The van der Waals surface area contributed by atoms with Gasteiger partial charge in [-0.3, -0.25) is 9.30 Å². The molecule has 1 atom stereocenters. The second kappa shape index (κ2) is 4.45. The average Bonchev–Trinajstić information content (AvgIpc) is 2.90. The van der Waals surface area contributed by atoms with Gasteiger partial charge in [0.25, 0.3) is 0 Å². The van der Waals surface area contributed by atoms with Crippen LogP contribution in [-0.4, -0.2) is 40.1 Å². The van der Waals surface area contributed by atoms with Crippen LogP contribution in [0.1, 0.15) is 5.69 Å². The number of nitrogens with zero attached hydrogens (tertiary/aromatic N) is 4. The number of aromatic nitrogens is 2. The quantitative estimate of drug-likeness (QED) is 0.799. The first kappa shape index (κ1) is 10.7. The van der Waals surface area contributed by atoms with Crippen molar-refractivity contribution in [1.29, 1.82) is 5.26 Å². The Morgan fingerprint density at radius 2 is 2.59 bits per heavy atom. The van der Waals surface area contributed by atoms with Crippen LogP contribution in [0.3, 0.4) is 0 Å². The molecule has 1 aliphatic rings. The SMILES string of the molecule is N#CC1CN(Cc2cn3ccsc3n2)CCO1. The Kier molecular flexibility index (Phi) is 2.81. The van der Waals surface area contributed by atoms with Crippen LogP contribution in [0.2, 0.25) is 0 Å². The molecule has 0 N–H and O–H groups in total. The molecule has 0 spiro atoms. The van der Waals surface area contributed by atoms with Crippen LogP contribution >= 0.6 is 11.3 Å². The molecule has 2 aromatic heterocycles. The molecule has 5 nitrogen and oxygen atoms in total. The van der Waals surface area contributed by atoms with Gasteiger partial charge in [0, 0.05) is 37.4 Å². The number of nitriles is 1. The summed E-state index contributed by atoms with van der Waals surface area (Å²) in [5.74, 6) is 0. The highest BCUT2D eigenvalue weighted by molar-refractivity contribution is 7.15. The molecule has 1 aliphatic heterocycles. The zero-order valence-corrected chi connectivity index (χ0v) is 10.1. The minimum absolute atomic E-state index is 0.299. The molecule has 0 aromatic carbocycles. The van der Waals surface area contributed by atoms with Crippen LogP contribution in [-0.2, 0) is 11.3 Å².